The molecular formula is C15H20ClN3O2. The minimum atomic E-state index is -0.516. The highest BCUT2D eigenvalue weighted by atomic mass is 35.5. The summed E-state index contributed by atoms with van der Waals surface area (Å²) >= 11 is 5.90. The van der Waals surface area contributed by atoms with Crippen molar-refractivity contribution in [3.63, 3.8) is 0 Å². The van der Waals surface area contributed by atoms with E-state index in [9.17, 15) is 0 Å². The lowest BCUT2D eigenvalue weighted by Gasteiger charge is -2.27. The number of rotatable bonds is 6. The molecule has 0 aliphatic heterocycles. The average molecular weight is 310 g/mol. The van der Waals surface area contributed by atoms with Gasteiger partial charge in [-0.05, 0) is 38.0 Å². The topological polar surface area (TPSA) is 74.2 Å². The number of anilines is 1. The second kappa shape index (κ2) is 6.45. The van der Waals surface area contributed by atoms with Crippen molar-refractivity contribution >= 4 is 17.3 Å². The van der Waals surface area contributed by atoms with Crippen molar-refractivity contribution in [3.05, 3.63) is 29.0 Å². The summed E-state index contributed by atoms with van der Waals surface area (Å²) in [5, 5.41) is 4.66. The maximum atomic E-state index is 5.95. The number of hydrogen-bond acceptors (Lipinski definition) is 5. The Bertz CT molecular complexity index is 609. The van der Waals surface area contributed by atoms with E-state index < -0.39 is 5.60 Å². The molecule has 0 fully saturated rings. The first-order valence-corrected chi connectivity index (χ1v) is 7.47. The third-order valence-electron chi connectivity index (χ3n) is 3.64. The zero-order valence-electron chi connectivity index (χ0n) is 12.5. The van der Waals surface area contributed by atoms with Gasteiger partial charge >= 0.3 is 0 Å². The van der Waals surface area contributed by atoms with Gasteiger partial charge in [-0.25, -0.2) is 0 Å². The molecule has 1 aromatic carbocycles. The molecule has 0 atom stereocenters. The van der Waals surface area contributed by atoms with Crippen molar-refractivity contribution < 1.29 is 9.26 Å². The molecule has 2 rings (SSSR count). The van der Waals surface area contributed by atoms with E-state index in [1.807, 2.05) is 20.8 Å². The summed E-state index contributed by atoms with van der Waals surface area (Å²) in [6.07, 6.45) is 1.54. The van der Waals surface area contributed by atoms with Crippen LogP contribution in [0.2, 0.25) is 5.02 Å². The number of halogens is 1. The van der Waals surface area contributed by atoms with Crippen molar-refractivity contribution in [2.45, 2.75) is 39.2 Å². The molecule has 114 valence electrons. The quantitative estimate of drug-likeness (QED) is 0.816. The van der Waals surface area contributed by atoms with Gasteiger partial charge in [0, 0.05) is 17.3 Å². The summed E-state index contributed by atoms with van der Waals surface area (Å²) in [6, 6.07) is 5.18. The van der Waals surface area contributed by atoms with Gasteiger partial charge in [0.25, 0.3) is 5.89 Å². The number of nitrogen functional groups attached to an aromatic ring is 1. The molecule has 0 saturated carbocycles. The van der Waals surface area contributed by atoms with Gasteiger partial charge in [-0.2, -0.15) is 4.98 Å². The first kappa shape index (κ1) is 15.8. The molecule has 0 bridgehead atoms. The van der Waals surface area contributed by atoms with Crippen LogP contribution in [0.1, 0.15) is 39.4 Å². The predicted octanol–water partition coefficient (Wildman–Crippen LogP) is 4.02. The Labute approximate surface area is 129 Å². The Balaban J connectivity index is 2.40. The van der Waals surface area contributed by atoms with Crippen molar-refractivity contribution in [3.8, 4) is 11.5 Å². The Hall–Kier alpha value is -1.59. The summed E-state index contributed by atoms with van der Waals surface area (Å²) in [4.78, 5) is 4.48. The second-order valence-corrected chi connectivity index (χ2v) is 5.23. The van der Waals surface area contributed by atoms with E-state index in [2.05, 4.69) is 10.1 Å². The van der Waals surface area contributed by atoms with E-state index in [1.54, 1.807) is 18.2 Å². The van der Waals surface area contributed by atoms with Crippen LogP contribution in [-0.4, -0.2) is 16.7 Å². The second-order valence-electron chi connectivity index (χ2n) is 4.79. The maximum Gasteiger partial charge on any atom is 0.260 e. The zero-order chi connectivity index (χ0) is 15.5. The van der Waals surface area contributed by atoms with E-state index in [1.165, 1.54) is 0 Å². The molecule has 0 amide bonds. The molecule has 0 aliphatic carbocycles. The molecule has 0 spiro atoms. The third-order valence-corrected chi connectivity index (χ3v) is 3.88. The first-order valence-electron chi connectivity index (χ1n) is 7.09. The largest absolute Gasteiger partial charge is 0.398 e. The third kappa shape index (κ3) is 3.04. The summed E-state index contributed by atoms with van der Waals surface area (Å²) in [7, 11) is 0. The molecule has 0 saturated heterocycles. The van der Waals surface area contributed by atoms with Crippen LogP contribution in [0.15, 0.2) is 22.7 Å². The lowest BCUT2D eigenvalue weighted by molar-refractivity contribution is -0.0583. The molecule has 2 aromatic rings. The molecule has 0 aliphatic rings. The fourth-order valence-electron chi connectivity index (χ4n) is 2.36. The fourth-order valence-corrected chi connectivity index (χ4v) is 2.54. The molecule has 0 radical (unpaired) electrons. The van der Waals surface area contributed by atoms with Gasteiger partial charge in [-0.15, -0.1) is 0 Å². The van der Waals surface area contributed by atoms with Crippen molar-refractivity contribution in [2.24, 2.45) is 0 Å². The van der Waals surface area contributed by atoms with Gasteiger partial charge in [0.15, 0.2) is 0 Å². The zero-order valence-corrected chi connectivity index (χ0v) is 13.3. The average Bonchev–Trinajstić information content (AvgIpc) is 2.95. The van der Waals surface area contributed by atoms with Crippen LogP contribution in [0, 0.1) is 0 Å². The highest BCUT2D eigenvalue weighted by Crippen LogP contribution is 2.34. The number of benzene rings is 1. The lowest BCUT2D eigenvalue weighted by Crippen LogP contribution is -2.29. The summed E-state index contributed by atoms with van der Waals surface area (Å²) in [6.45, 7) is 6.64. The fraction of sp³-hybridized carbons (Fsp3) is 0.467. The Morgan fingerprint density at radius 2 is 2.00 bits per heavy atom. The minimum absolute atomic E-state index is 0.380. The van der Waals surface area contributed by atoms with Crippen molar-refractivity contribution in [1.29, 1.82) is 0 Å². The van der Waals surface area contributed by atoms with Gasteiger partial charge in [-0.1, -0.05) is 30.6 Å². The Morgan fingerprint density at radius 1 is 1.29 bits per heavy atom. The van der Waals surface area contributed by atoms with Gasteiger partial charge in [0.2, 0.25) is 5.82 Å². The molecule has 1 aromatic heterocycles. The van der Waals surface area contributed by atoms with Gasteiger partial charge < -0.3 is 15.0 Å². The lowest BCUT2D eigenvalue weighted by atomic mass is 9.96. The number of aromatic nitrogens is 2. The van der Waals surface area contributed by atoms with Crippen LogP contribution in [0.5, 0.6) is 0 Å². The number of hydrogen-bond donors (Lipinski definition) is 1. The predicted molar refractivity (Wildman–Crippen MR) is 83.0 cm³/mol. The molecule has 2 N–H and O–H groups in total. The highest BCUT2D eigenvalue weighted by Gasteiger charge is 2.34. The van der Waals surface area contributed by atoms with Gasteiger partial charge in [0.05, 0.1) is 5.56 Å². The minimum Gasteiger partial charge on any atom is -0.398 e. The molecule has 6 heteroatoms. The molecule has 21 heavy (non-hydrogen) atoms. The SMILES string of the molecule is CCOC(CC)(CC)c1noc(-c2ccc(Cl)cc2N)n1. The van der Waals surface area contributed by atoms with Crippen LogP contribution in [0.25, 0.3) is 11.5 Å². The molecular weight excluding hydrogens is 290 g/mol. The summed E-state index contributed by atoms with van der Waals surface area (Å²) < 4.78 is 11.2. The monoisotopic (exact) mass is 309 g/mol. The maximum absolute atomic E-state index is 5.95. The first-order chi connectivity index (χ1) is 10.1. The van der Waals surface area contributed by atoms with Crippen LogP contribution in [-0.2, 0) is 10.3 Å². The smallest absolute Gasteiger partial charge is 0.260 e. The summed E-state index contributed by atoms with van der Waals surface area (Å²) in [5.74, 6) is 0.934. The molecule has 1 heterocycles. The van der Waals surface area contributed by atoms with E-state index in [0.717, 1.165) is 12.8 Å². The van der Waals surface area contributed by atoms with Crippen molar-refractivity contribution in [1.82, 2.24) is 10.1 Å². The molecule has 0 unspecified atom stereocenters. The van der Waals surface area contributed by atoms with E-state index in [0.29, 0.717) is 34.6 Å². The molecule has 5 nitrogen and oxygen atoms in total. The van der Waals surface area contributed by atoms with E-state index >= 15 is 0 Å². The van der Waals surface area contributed by atoms with Crippen LogP contribution < -0.4 is 5.73 Å². The normalized spacial score (nSPS) is 11.8. The summed E-state index contributed by atoms with van der Waals surface area (Å²) in [5.41, 5.74) is 6.62. The van der Waals surface area contributed by atoms with E-state index in [-0.39, 0.29) is 0 Å². The number of ether oxygens (including phenoxy) is 1. The van der Waals surface area contributed by atoms with Crippen LogP contribution in [0.4, 0.5) is 5.69 Å². The highest BCUT2D eigenvalue weighted by molar-refractivity contribution is 6.31. The van der Waals surface area contributed by atoms with E-state index in [4.69, 9.17) is 26.6 Å². The standard InChI is InChI=1S/C15H20ClN3O2/c1-4-15(5-2,20-6-3)14-18-13(21-19-14)11-8-7-10(16)9-12(11)17/h7-9H,4-6,17H2,1-3H3. The Morgan fingerprint density at radius 3 is 2.57 bits per heavy atom. The van der Waals surface area contributed by atoms with Crippen molar-refractivity contribution in [2.75, 3.05) is 12.3 Å². The number of nitrogens with zero attached hydrogens (tertiary/aromatic N) is 2. The Kier molecular flexibility index (Phi) is 4.85. The van der Waals surface area contributed by atoms with Crippen LogP contribution in [0.3, 0.4) is 0 Å². The van der Waals surface area contributed by atoms with Gasteiger partial charge in [-0.3, -0.25) is 0 Å². The van der Waals surface area contributed by atoms with Gasteiger partial charge in [0.1, 0.15) is 5.60 Å². The van der Waals surface area contributed by atoms with Crippen LogP contribution >= 0.6 is 11.6 Å². The number of nitrogens with two attached hydrogens (primary N) is 1.